The maximum absolute atomic E-state index is 14.1. The number of anilines is 4. The number of amides is 4. The van der Waals surface area contributed by atoms with E-state index in [2.05, 4.69) is 5.32 Å². The van der Waals surface area contributed by atoms with Crippen LogP contribution in [0.2, 0.25) is 0 Å². The standard InChI is InChI=1S/C36H25F3N4O21S6/c37-36(38,39)20-2-1-3-21(11-20)40-35(46)41-22-5-18(33(44)42-27-12-23(65(47,48)49)7-16-9-25(67(53,54)55)14-29(31(16)27)69(59,60)61)4-19(6-22)34(45)43-28-13-24(66(50,51)52)8-17-10-26(68(56,57)58)15-30(32(17)28)70(62,63)64/h1-15H,(H,42,44)(H,43,45)(H2,40,41,46)(H,47,48,49)(H,50,51,52)(H,53,54,55)(H,56,57,58)(H,59,60,61)(H,62,63,64). The molecule has 25 nitrogen and oxygen atoms in total. The number of carbonyl (C=O) groups is 3. The van der Waals surface area contributed by atoms with Crippen molar-refractivity contribution in [2.24, 2.45) is 0 Å². The second kappa shape index (κ2) is 17.9. The first-order chi connectivity index (χ1) is 31.8. The predicted octanol–water partition coefficient (Wildman–Crippen LogP) is 4.64. The zero-order valence-electron chi connectivity index (χ0n) is 33.6. The molecule has 0 aliphatic heterocycles. The highest BCUT2D eigenvalue weighted by molar-refractivity contribution is 7.87. The first-order valence-corrected chi connectivity index (χ1v) is 26.6. The Morgan fingerprint density at radius 3 is 1.11 bits per heavy atom. The van der Waals surface area contributed by atoms with Crippen molar-refractivity contribution >= 4 is 123 Å². The van der Waals surface area contributed by atoms with Gasteiger partial charge in [-0.3, -0.25) is 36.9 Å². The first kappa shape index (κ1) is 52.7. The van der Waals surface area contributed by atoms with Crippen molar-refractivity contribution in [1.82, 2.24) is 0 Å². The smallest absolute Gasteiger partial charge is 0.321 e. The summed E-state index contributed by atoms with van der Waals surface area (Å²) in [4.78, 5) is 33.7. The SMILES string of the molecule is O=C(Nc1cc(C(=O)Nc2cc(S(=O)(=O)O)cc3cc(S(=O)(=O)O)cc(S(=O)(=O)O)c23)cc(C(=O)Nc2cc(S(=O)(=O)O)cc3cc(S(=O)(=O)O)cc(S(=O)(=O)O)c23)c1)Nc1cccc(C(F)(F)F)c1. The summed E-state index contributed by atoms with van der Waals surface area (Å²) in [6.07, 6.45) is -4.89. The van der Waals surface area contributed by atoms with Gasteiger partial charge >= 0.3 is 12.2 Å². The number of nitrogens with one attached hydrogen (secondary N) is 4. The van der Waals surface area contributed by atoms with Gasteiger partial charge in [0.15, 0.2) is 0 Å². The number of benzene rings is 6. The molecular formula is C36H25F3N4O21S6. The summed E-state index contributed by atoms with van der Waals surface area (Å²) in [7, 11) is -32.6. The van der Waals surface area contributed by atoms with Crippen molar-refractivity contribution in [3.05, 3.63) is 108 Å². The molecule has 6 rings (SSSR count). The molecule has 0 spiro atoms. The fourth-order valence-electron chi connectivity index (χ4n) is 6.46. The van der Waals surface area contributed by atoms with E-state index in [0.717, 1.165) is 12.1 Å². The highest BCUT2D eigenvalue weighted by Gasteiger charge is 2.31. The molecule has 6 aromatic rings. The third-order valence-electron chi connectivity index (χ3n) is 9.33. The minimum atomic E-state index is -5.60. The lowest BCUT2D eigenvalue weighted by Crippen LogP contribution is -2.22. The summed E-state index contributed by atoms with van der Waals surface area (Å²) in [6.45, 7) is 0. The molecule has 0 heterocycles. The summed E-state index contributed by atoms with van der Waals surface area (Å²) < 4.78 is 247. The van der Waals surface area contributed by atoms with Crippen LogP contribution in [0.1, 0.15) is 26.3 Å². The molecule has 0 aliphatic rings. The van der Waals surface area contributed by atoms with Gasteiger partial charge in [-0.05, 0) is 95.7 Å². The molecular weight excluding hydrogens is 1070 g/mol. The lowest BCUT2D eigenvalue weighted by atomic mass is 10.1. The Balaban J connectivity index is 1.55. The summed E-state index contributed by atoms with van der Waals surface area (Å²) in [5, 5.41) is 4.74. The molecule has 4 amide bonds. The molecule has 70 heavy (non-hydrogen) atoms. The Kier molecular flexibility index (Phi) is 13.5. The zero-order chi connectivity index (χ0) is 52.5. The lowest BCUT2D eigenvalue weighted by Gasteiger charge is -2.17. The molecule has 0 saturated carbocycles. The molecule has 0 radical (unpaired) electrons. The van der Waals surface area contributed by atoms with Crippen LogP contribution in [-0.4, -0.2) is 95.7 Å². The number of halogens is 3. The summed E-state index contributed by atoms with van der Waals surface area (Å²) in [5.74, 6) is -3.12. The Morgan fingerprint density at radius 1 is 0.414 bits per heavy atom. The Morgan fingerprint density at radius 2 is 0.771 bits per heavy atom. The van der Waals surface area contributed by atoms with E-state index in [1.54, 1.807) is 0 Å². The van der Waals surface area contributed by atoms with Gasteiger partial charge in [0.2, 0.25) is 0 Å². The second-order valence-electron chi connectivity index (χ2n) is 14.2. The molecule has 0 unspecified atom stereocenters. The van der Waals surface area contributed by atoms with Crippen LogP contribution in [0.5, 0.6) is 0 Å². The van der Waals surface area contributed by atoms with Crippen LogP contribution in [0.3, 0.4) is 0 Å². The van der Waals surface area contributed by atoms with Crippen LogP contribution >= 0.6 is 0 Å². The van der Waals surface area contributed by atoms with Gasteiger partial charge in [0.25, 0.3) is 72.5 Å². The summed E-state index contributed by atoms with van der Waals surface area (Å²) >= 11 is 0. The van der Waals surface area contributed by atoms with E-state index in [0.29, 0.717) is 66.7 Å². The van der Waals surface area contributed by atoms with Crippen molar-refractivity contribution in [2.45, 2.75) is 35.5 Å². The number of hydrogen-bond donors (Lipinski definition) is 10. The number of urea groups is 1. The number of hydrogen-bond acceptors (Lipinski definition) is 15. The van der Waals surface area contributed by atoms with E-state index in [1.807, 2.05) is 16.0 Å². The Hall–Kier alpha value is -6.70. The zero-order valence-corrected chi connectivity index (χ0v) is 38.4. The average molecular weight is 1100 g/mol. The monoisotopic (exact) mass is 1100 g/mol. The van der Waals surface area contributed by atoms with E-state index in [1.165, 1.54) is 0 Å². The van der Waals surface area contributed by atoms with Gasteiger partial charge in [0, 0.05) is 33.3 Å². The van der Waals surface area contributed by atoms with Crippen molar-refractivity contribution in [1.29, 1.82) is 0 Å². The van der Waals surface area contributed by atoms with Gasteiger partial charge in [-0.15, -0.1) is 0 Å². The average Bonchev–Trinajstić information content (AvgIpc) is 3.20. The molecule has 0 aliphatic carbocycles. The van der Waals surface area contributed by atoms with Crippen LogP contribution in [0.25, 0.3) is 21.5 Å². The predicted molar refractivity (Wildman–Crippen MR) is 233 cm³/mol. The first-order valence-electron chi connectivity index (χ1n) is 17.9. The molecule has 0 atom stereocenters. The number of carbonyl (C=O) groups excluding carboxylic acids is 3. The van der Waals surface area contributed by atoms with E-state index < -0.39 is 175 Å². The van der Waals surface area contributed by atoms with Gasteiger partial charge in [-0.1, -0.05) is 6.07 Å². The van der Waals surface area contributed by atoms with Gasteiger partial charge in [-0.2, -0.15) is 63.7 Å². The van der Waals surface area contributed by atoms with Gasteiger partial charge in [0.05, 0.1) is 36.5 Å². The number of fused-ring (bicyclic) bond motifs is 2. The molecule has 0 saturated heterocycles. The Labute approximate surface area is 390 Å². The highest BCUT2D eigenvalue weighted by Crippen LogP contribution is 2.38. The molecule has 0 fully saturated rings. The minimum absolute atomic E-state index is 0.184. The fraction of sp³-hybridized carbons (Fsp3) is 0.0278. The van der Waals surface area contributed by atoms with Crippen LogP contribution in [0.4, 0.5) is 40.7 Å². The molecule has 10 N–H and O–H groups in total. The van der Waals surface area contributed by atoms with Crippen LogP contribution in [0.15, 0.2) is 120 Å². The highest BCUT2D eigenvalue weighted by atomic mass is 32.2. The quantitative estimate of drug-likeness (QED) is 0.0746. The summed E-state index contributed by atoms with van der Waals surface area (Å²) in [5.41, 5.74) is -6.04. The molecule has 0 aromatic heterocycles. The van der Waals surface area contributed by atoms with Crippen molar-refractivity contribution in [2.75, 3.05) is 21.3 Å². The maximum atomic E-state index is 14.1. The largest absolute Gasteiger partial charge is 0.416 e. The van der Waals surface area contributed by atoms with Crippen LogP contribution in [0, 0.1) is 0 Å². The fourth-order valence-corrected chi connectivity index (χ4v) is 10.3. The summed E-state index contributed by atoms with van der Waals surface area (Å²) in [6, 6.07) is 6.66. The topological polar surface area (TPSA) is 426 Å². The van der Waals surface area contributed by atoms with Crippen molar-refractivity contribution in [3.8, 4) is 0 Å². The molecule has 6 aromatic carbocycles. The molecule has 372 valence electrons. The third-order valence-corrected chi connectivity index (χ3v) is 14.4. The van der Waals surface area contributed by atoms with Crippen LogP contribution < -0.4 is 21.3 Å². The number of rotatable bonds is 12. The Bertz CT molecular complexity index is 3770. The minimum Gasteiger partial charge on any atom is -0.321 e. The van der Waals surface area contributed by atoms with E-state index >= 15 is 0 Å². The normalized spacial score (nSPS) is 12.9. The van der Waals surface area contributed by atoms with E-state index in [-0.39, 0.29) is 12.1 Å². The van der Waals surface area contributed by atoms with Gasteiger partial charge in [0.1, 0.15) is 9.79 Å². The second-order valence-corrected chi connectivity index (χ2v) is 22.7. The van der Waals surface area contributed by atoms with Crippen molar-refractivity contribution < 1.29 is 105 Å². The van der Waals surface area contributed by atoms with Gasteiger partial charge in [-0.25, -0.2) is 4.79 Å². The van der Waals surface area contributed by atoms with Gasteiger partial charge < -0.3 is 21.3 Å². The van der Waals surface area contributed by atoms with Crippen LogP contribution in [-0.2, 0) is 66.9 Å². The lowest BCUT2D eigenvalue weighted by molar-refractivity contribution is -0.137. The molecule has 0 bridgehead atoms. The molecule has 34 heteroatoms. The van der Waals surface area contributed by atoms with E-state index in [4.69, 9.17) is 0 Å². The van der Waals surface area contributed by atoms with E-state index in [9.17, 15) is 105 Å². The number of alkyl halides is 3. The van der Waals surface area contributed by atoms with Crippen molar-refractivity contribution in [3.63, 3.8) is 0 Å². The maximum Gasteiger partial charge on any atom is 0.416 e. The third kappa shape index (κ3) is 11.8.